The van der Waals surface area contributed by atoms with Gasteiger partial charge in [-0.1, -0.05) is 30.3 Å². The van der Waals surface area contributed by atoms with Crippen molar-refractivity contribution in [3.63, 3.8) is 0 Å². The van der Waals surface area contributed by atoms with Gasteiger partial charge >= 0.3 is 6.18 Å². The minimum absolute atomic E-state index is 0.233. The highest BCUT2D eigenvalue weighted by molar-refractivity contribution is 5.77. The highest BCUT2D eigenvalue weighted by atomic mass is 19.4. The lowest BCUT2D eigenvalue weighted by atomic mass is 9.90. The number of ether oxygens (including phenoxy) is 2. The Morgan fingerprint density at radius 3 is 2.74 bits per heavy atom. The molecule has 178 valence electrons. The maximum Gasteiger partial charge on any atom is 0.449 e. The average molecular weight is 470 g/mol. The van der Waals surface area contributed by atoms with Crippen LogP contribution in [0.2, 0.25) is 0 Å². The number of nitrogens with zero attached hydrogens (tertiary/aromatic N) is 2. The number of piperidine rings is 1. The van der Waals surface area contributed by atoms with Crippen molar-refractivity contribution in [1.29, 1.82) is 0 Å². The molecule has 1 fully saturated rings. The minimum Gasteiger partial charge on any atom is -0.496 e. The summed E-state index contributed by atoms with van der Waals surface area (Å²) in [7, 11) is 1.59. The van der Waals surface area contributed by atoms with E-state index in [1.807, 2.05) is 12.1 Å². The fraction of sp³-hybridized carbons (Fsp3) is 0.346. The van der Waals surface area contributed by atoms with Gasteiger partial charge in [-0.3, -0.25) is 4.90 Å². The maximum atomic E-state index is 13.0. The molecule has 8 heteroatoms. The van der Waals surface area contributed by atoms with Gasteiger partial charge in [-0.05, 0) is 54.8 Å². The Morgan fingerprint density at radius 1 is 1.18 bits per heavy atom. The van der Waals surface area contributed by atoms with Gasteiger partial charge in [0.15, 0.2) is 0 Å². The monoisotopic (exact) mass is 469 g/mol. The van der Waals surface area contributed by atoms with Crippen LogP contribution in [0.3, 0.4) is 0 Å². The third-order valence-corrected chi connectivity index (χ3v) is 6.45. The van der Waals surface area contributed by atoms with Crippen LogP contribution in [0.5, 0.6) is 5.75 Å². The zero-order valence-electron chi connectivity index (χ0n) is 18.9. The largest absolute Gasteiger partial charge is 0.496 e. The van der Waals surface area contributed by atoms with E-state index in [0.717, 1.165) is 43.6 Å². The number of halogens is 3. The van der Waals surface area contributed by atoms with Crippen molar-refractivity contribution in [2.24, 2.45) is 0 Å². The van der Waals surface area contributed by atoms with Crippen molar-refractivity contribution in [3.8, 4) is 17.0 Å². The molecule has 1 N–H and O–H groups in total. The highest BCUT2D eigenvalue weighted by Crippen LogP contribution is 2.40. The van der Waals surface area contributed by atoms with Gasteiger partial charge in [0.25, 0.3) is 0 Å². The molecule has 2 aromatic carbocycles. The Bertz CT molecular complexity index is 1190. The van der Waals surface area contributed by atoms with Crippen molar-refractivity contribution in [2.45, 2.75) is 31.2 Å². The summed E-state index contributed by atoms with van der Waals surface area (Å²) in [5.74, 6) is -0.359. The zero-order chi connectivity index (χ0) is 23.8. The van der Waals surface area contributed by atoms with E-state index in [0.29, 0.717) is 17.9 Å². The lowest BCUT2D eigenvalue weighted by Crippen LogP contribution is -2.46. The second kappa shape index (κ2) is 8.92. The van der Waals surface area contributed by atoms with Crippen LogP contribution in [0, 0.1) is 0 Å². The summed E-state index contributed by atoms with van der Waals surface area (Å²) >= 11 is 0. The molecule has 34 heavy (non-hydrogen) atoms. The molecular weight excluding hydrogens is 443 g/mol. The molecule has 0 bridgehead atoms. The number of hydrogen-bond acceptors (Lipinski definition) is 4. The number of hydrogen-bond donors (Lipinski definition) is 1. The van der Waals surface area contributed by atoms with Crippen LogP contribution < -0.4 is 4.74 Å². The van der Waals surface area contributed by atoms with Gasteiger partial charge < -0.3 is 14.5 Å². The third-order valence-electron chi connectivity index (χ3n) is 6.45. The van der Waals surface area contributed by atoms with Crippen LogP contribution >= 0.6 is 0 Å². The molecule has 2 aliphatic heterocycles. The number of methoxy groups -OCH3 is 1. The van der Waals surface area contributed by atoms with Crippen LogP contribution in [0.15, 0.2) is 60.8 Å². The molecule has 1 atom stereocenters. The molecule has 3 aromatic rings. The van der Waals surface area contributed by atoms with Crippen LogP contribution in [-0.4, -0.2) is 47.3 Å². The Balaban J connectivity index is 1.41. The predicted molar refractivity (Wildman–Crippen MR) is 123 cm³/mol. The lowest BCUT2D eigenvalue weighted by molar-refractivity contribution is -0.144. The molecule has 3 heterocycles. The zero-order valence-corrected chi connectivity index (χ0v) is 18.9. The fourth-order valence-corrected chi connectivity index (χ4v) is 4.86. The first-order valence-corrected chi connectivity index (χ1v) is 11.3. The van der Waals surface area contributed by atoms with Gasteiger partial charge in [-0.2, -0.15) is 13.2 Å². The molecule has 5 rings (SSSR count). The molecule has 0 aliphatic carbocycles. The molecule has 0 amide bonds. The molecule has 1 spiro atoms. The van der Waals surface area contributed by atoms with Gasteiger partial charge in [-0.15, -0.1) is 0 Å². The van der Waals surface area contributed by atoms with Crippen LogP contribution in [0.4, 0.5) is 13.2 Å². The van der Waals surface area contributed by atoms with E-state index in [9.17, 15) is 13.2 Å². The van der Waals surface area contributed by atoms with Crippen molar-refractivity contribution in [2.75, 3.05) is 26.8 Å². The van der Waals surface area contributed by atoms with Crippen molar-refractivity contribution < 1.29 is 22.6 Å². The van der Waals surface area contributed by atoms with Crippen molar-refractivity contribution in [3.05, 3.63) is 77.8 Å². The van der Waals surface area contributed by atoms with Gasteiger partial charge in [0.2, 0.25) is 5.82 Å². The molecule has 1 unspecified atom stereocenters. The van der Waals surface area contributed by atoms with Crippen LogP contribution in [0.25, 0.3) is 16.8 Å². The van der Waals surface area contributed by atoms with Gasteiger partial charge in [0, 0.05) is 30.4 Å². The average Bonchev–Trinajstić information content (AvgIpc) is 3.48. The van der Waals surface area contributed by atoms with Gasteiger partial charge in [-0.25, -0.2) is 4.98 Å². The number of imidazole rings is 1. The second-order valence-corrected chi connectivity index (χ2v) is 8.87. The maximum absolute atomic E-state index is 13.0. The van der Waals surface area contributed by atoms with E-state index in [2.05, 4.69) is 45.2 Å². The topological polar surface area (TPSA) is 50.4 Å². The summed E-state index contributed by atoms with van der Waals surface area (Å²) in [6.07, 6.45) is 0.892. The molecule has 1 aromatic heterocycles. The molecular formula is C26H26F3N3O2. The standard InChI is InChI=1S/C26H26F3N3O2/c1-33-23-9-8-19(22-14-30-24(31-22)26(27,28)29)12-21(23)20-13-25(34-16-20)10-5-11-32(17-25)15-18-6-3-2-4-7-18/h2-4,6-9,12-14H,5,10-11,15-17H2,1H3,(H,30,31). The number of benzene rings is 2. The first kappa shape index (κ1) is 22.7. The Kier molecular flexibility index (Phi) is 5.95. The predicted octanol–water partition coefficient (Wildman–Crippen LogP) is 5.55. The summed E-state index contributed by atoms with van der Waals surface area (Å²) in [6, 6.07) is 15.7. The number of likely N-dealkylation sites (tertiary alicyclic amines) is 1. The van der Waals surface area contributed by atoms with Gasteiger partial charge in [0.05, 0.1) is 19.4 Å². The molecule has 1 saturated heterocycles. The number of aromatic amines is 1. The number of alkyl halides is 3. The Hall–Kier alpha value is -3.10. The minimum atomic E-state index is -4.52. The first-order chi connectivity index (χ1) is 16.4. The van der Waals surface area contributed by atoms with E-state index < -0.39 is 12.0 Å². The number of rotatable bonds is 5. The Morgan fingerprint density at radius 2 is 2.00 bits per heavy atom. The normalized spacial score (nSPS) is 21.1. The van der Waals surface area contributed by atoms with Crippen LogP contribution in [0.1, 0.15) is 29.8 Å². The van der Waals surface area contributed by atoms with Crippen molar-refractivity contribution in [1.82, 2.24) is 14.9 Å². The molecule has 2 aliphatic rings. The van der Waals surface area contributed by atoms with E-state index in [1.165, 1.54) is 11.8 Å². The summed E-state index contributed by atoms with van der Waals surface area (Å²) in [4.78, 5) is 8.36. The molecule has 5 nitrogen and oxygen atoms in total. The number of H-pyrrole nitrogens is 1. The van der Waals surface area contributed by atoms with E-state index in [-0.39, 0.29) is 11.3 Å². The van der Waals surface area contributed by atoms with E-state index in [1.54, 1.807) is 19.2 Å². The summed E-state index contributed by atoms with van der Waals surface area (Å²) in [6.45, 7) is 3.10. The Labute approximate surface area is 196 Å². The fourth-order valence-electron chi connectivity index (χ4n) is 4.86. The van der Waals surface area contributed by atoms with E-state index >= 15 is 0 Å². The number of aromatic nitrogens is 2. The third kappa shape index (κ3) is 4.60. The summed E-state index contributed by atoms with van der Waals surface area (Å²) in [5.41, 5.74) is 3.50. The van der Waals surface area contributed by atoms with Gasteiger partial charge in [0.1, 0.15) is 11.4 Å². The lowest BCUT2D eigenvalue weighted by Gasteiger charge is -2.38. The summed E-state index contributed by atoms with van der Waals surface area (Å²) in [5, 5.41) is 0. The molecule has 0 radical (unpaired) electrons. The second-order valence-electron chi connectivity index (χ2n) is 8.87. The summed E-state index contributed by atoms with van der Waals surface area (Å²) < 4.78 is 50.9. The number of nitrogens with one attached hydrogen (secondary N) is 1. The van der Waals surface area contributed by atoms with E-state index in [4.69, 9.17) is 9.47 Å². The molecule has 0 saturated carbocycles. The first-order valence-electron chi connectivity index (χ1n) is 11.3. The van der Waals surface area contributed by atoms with Crippen molar-refractivity contribution >= 4 is 5.57 Å². The quantitative estimate of drug-likeness (QED) is 0.532. The van der Waals surface area contributed by atoms with Crippen LogP contribution in [-0.2, 0) is 17.5 Å². The smallest absolute Gasteiger partial charge is 0.449 e. The highest BCUT2D eigenvalue weighted by Gasteiger charge is 2.39. The SMILES string of the molecule is COc1ccc(-c2c[nH]c(C(F)(F)F)n2)cc1C1=CC2(CCCN(Cc3ccccc3)C2)OC1.